The van der Waals surface area contributed by atoms with E-state index < -0.39 is 5.91 Å². The Morgan fingerprint density at radius 3 is 2.75 bits per heavy atom. The van der Waals surface area contributed by atoms with E-state index in [1.165, 1.54) is 6.07 Å². The van der Waals surface area contributed by atoms with Crippen molar-refractivity contribution in [3.8, 4) is 11.4 Å². The van der Waals surface area contributed by atoms with Crippen LogP contribution >= 0.6 is 0 Å². The number of carbonyl (C=O) groups is 1. The minimum Gasteiger partial charge on any atom is -0.350 e. The van der Waals surface area contributed by atoms with Crippen molar-refractivity contribution in [3.05, 3.63) is 64.9 Å². The molecule has 0 fully saturated rings. The molecule has 0 aliphatic rings. The van der Waals surface area contributed by atoms with Crippen molar-refractivity contribution in [2.45, 2.75) is 0 Å². The molecule has 3 aromatic heterocycles. The molecule has 118 valence electrons. The fourth-order valence-corrected chi connectivity index (χ4v) is 2.32. The second-order valence-electron chi connectivity index (χ2n) is 5.08. The van der Waals surface area contributed by atoms with Crippen LogP contribution in [0.5, 0.6) is 0 Å². The van der Waals surface area contributed by atoms with Gasteiger partial charge in [-0.1, -0.05) is 11.2 Å². The monoisotopic (exact) mass is 321 g/mol. The Labute approximate surface area is 134 Å². The van der Waals surface area contributed by atoms with Gasteiger partial charge in [-0.3, -0.25) is 9.78 Å². The van der Waals surface area contributed by atoms with Gasteiger partial charge in [0.15, 0.2) is 0 Å². The minimum atomic E-state index is -0.443. The third-order valence-electron chi connectivity index (χ3n) is 3.44. The summed E-state index contributed by atoms with van der Waals surface area (Å²) in [6.45, 7) is 0. The first-order chi connectivity index (χ1) is 11.7. The van der Waals surface area contributed by atoms with Crippen LogP contribution in [0.25, 0.3) is 22.4 Å². The summed E-state index contributed by atoms with van der Waals surface area (Å²) in [5, 5.41) is 6.55. The lowest BCUT2D eigenvalue weighted by Gasteiger charge is -2.02. The average Bonchev–Trinajstić information content (AvgIpc) is 3.21. The number of pyridine rings is 1. The molecule has 4 rings (SSSR count). The molecule has 0 spiro atoms. The second-order valence-corrected chi connectivity index (χ2v) is 5.08. The summed E-state index contributed by atoms with van der Waals surface area (Å²) < 4.78 is 5.08. The number of amides is 1. The predicted octanol–water partition coefficient (Wildman–Crippen LogP) is 2.16. The number of fused-ring (bicyclic) bond motifs is 1. The lowest BCUT2D eigenvalue weighted by Crippen LogP contribution is -2.10. The number of nitrogens with one attached hydrogen (secondary N) is 3. The normalized spacial score (nSPS) is 10.8. The molecule has 8 heteroatoms. The summed E-state index contributed by atoms with van der Waals surface area (Å²) in [6.07, 6.45) is 1.64. The highest BCUT2D eigenvalue weighted by molar-refractivity contribution is 6.03. The Kier molecular flexibility index (Phi) is 3.20. The van der Waals surface area contributed by atoms with Gasteiger partial charge in [-0.2, -0.15) is 0 Å². The second kappa shape index (κ2) is 5.51. The van der Waals surface area contributed by atoms with Gasteiger partial charge in [0.05, 0.1) is 16.7 Å². The number of anilines is 1. The van der Waals surface area contributed by atoms with E-state index in [-0.39, 0.29) is 11.4 Å². The molecule has 0 aliphatic heterocycles. The molecule has 0 unspecified atom stereocenters. The van der Waals surface area contributed by atoms with Crippen LogP contribution in [-0.2, 0) is 0 Å². The SMILES string of the molecule is O=C(Nc1ccc2[nH]c(=O)[nH]c2c1)c1cc(-c2ccccn2)no1. The van der Waals surface area contributed by atoms with Crippen LogP contribution < -0.4 is 11.0 Å². The van der Waals surface area contributed by atoms with Crippen LogP contribution in [0.3, 0.4) is 0 Å². The maximum atomic E-state index is 12.3. The van der Waals surface area contributed by atoms with Crippen molar-refractivity contribution in [2.75, 3.05) is 5.32 Å². The molecular weight excluding hydrogens is 310 g/mol. The van der Waals surface area contributed by atoms with Gasteiger partial charge in [0.2, 0.25) is 5.76 Å². The van der Waals surface area contributed by atoms with Gasteiger partial charge in [0, 0.05) is 18.0 Å². The lowest BCUT2D eigenvalue weighted by molar-refractivity contribution is 0.0988. The van der Waals surface area contributed by atoms with E-state index in [9.17, 15) is 9.59 Å². The zero-order valence-electron chi connectivity index (χ0n) is 12.2. The van der Waals surface area contributed by atoms with Crippen molar-refractivity contribution in [2.24, 2.45) is 0 Å². The molecule has 1 amide bonds. The van der Waals surface area contributed by atoms with Crippen molar-refractivity contribution in [1.29, 1.82) is 0 Å². The van der Waals surface area contributed by atoms with Crippen molar-refractivity contribution < 1.29 is 9.32 Å². The van der Waals surface area contributed by atoms with Crippen LogP contribution in [0.1, 0.15) is 10.6 Å². The highest BCUT2D eigenvalue weighted by Crippen LogP contribution is 2.19. The van der Waals surface area contributed by atoms with Gasteiger partial charge in [0.1, 0.15) is 5.69 Å². The van der Waals surface area contributed by atoms with Crippen molar-refractivity contribution in [1.82, 2.24) is 20.1 Å². The molecule has 24 heavy (non-hydrogen) atoms. The number of rotatable bonds is 3. The van der Waals surface area contributed by atoms with Gasteiger partial charge in [-0.05, 0) is 30.3 Å². The number of hydrogen-bond acceptors (Lipinski definition) is 5. The van der Waals surface area contributed by atoms with Crippen LogP contribution in [-0.4, -0.2) is 26.0 Å². The van der Waals surface area contributed by atoms with Crippen LogP contribution in [0.4, 0.5) is 5.69 Å². The Morgan fingerprint density at radius 2 is 1.92 bits per heavy atom. The van der Waals surface area contributed by atoms with Crippen LogP contribution in [0, 0.1) is 0 Å². The zero-order chi connectivity index (χ0) is 16.5. The number of benzene rings is 1. The molecule has 0 saturated carbocycles. The standard InChI is InChI=1S/C16H11N5O3/c22-15(14-8-13(21-24-14)10-3-1-2-6-17-10)18-9-4-5-11-12(7-9)20-16(23)19-11/h1-8H,(H,18,22)(H2,19,20,23). The molecule has 0 aliphatic carbocycles. The first kappa shape index (κ1) is 13.9. The highest BCUT2D eigenvalue weighted by Gasteiger charge is 2.15. The number of aromatic nitrogens is 4. The molecule has 3 N–H and O–H groups in total. The Balaban J connectivity index is 1.57. The first-order valence-corrected chi connectivity index (χ1v) is 7.10. The molecular formula is C16H11N5O3. The number of imidazole rings is 1. The fraction of sp³-hybridized carbons (Fsp3) is 0. The summed E-state index contributed by atoms with van der Waals surface area (Å²) >= 11 is 0. The number of carbonyl (C=O) groups excluding carboxylic acids is 1. The summed E-state index contributed by atoms with van der Waals surface area (Å²) in [5.74, 6) is -0.375. The van der Waals surface area contributed by atoms with E-state index in [4.69, 9.17) is 4.52 Å². The lowest BCUT2D eigenvalue weighted by atomic mass is 10.2. The molecule has 0 radical (unpaired) electrons. The molecule has 3 heterocycles. The van der Waals surface area contributed by atoms with E-state index in [0.717, 1.165) is 0 Å². The largest absolute Gasteiger partial charge is 0.350 e. The number of hydrogen-bond donors (Lipinski definition) is 3. The Bertz CT molecular complexity index is 1080. The molecule has 0 saturated heterocycles. The third-order valence-corrected chi connectivity index (χ3v) is 3.44. The molecule has 0 bridgehead atoms. The van der Waals surface area contributed by atoms with E-state index in [1.54, 1.807) is 36.5 Å². The summed E-state index contributed by atoms with van der Waals surface area (Å²) in [5.41, 5.74) is 2.58. The molecule has 0 atom stereocenters. The van der Waals surface area contributed by atoms with Gasteiger partial charge in [0.25, 0.3) is 5.91 Å². The number of nitrogens with zero attached hydrogens (tertiary/aromatic N) is 2. The third kappa shape index (κ3) is 2.56. The van der Waals surface area contributed by atoms with E-state index in [0.29, 0.717) is 28.1 Å². The maximum absolute atomic E-state index is 12.3. The number of aromatic amines is 2. The van der Waals surface area contributed by atoms with Gasteiger partial charge in [-0.15, -0.1) is 0 Å². The molecule has 8 nitrogen and oxygen atoms in total. The molecule has 1 aromatic carbocycles. The minimum absolute atomic E-state index is 0.0679. The maximum Gasteiger partial charge on any atom is 0.323 e. The average molecular weight is 321 g/mol. The van der Waals surface area contributed by atoms with Crippen molar-refractivity contribution >= 4 is 22.6 Å². The van der Waals surface area contributed by atoms with Crippen LogP contribution in [0.15, 0.2) is 58.0 Å². The predicted molar refractivity (Wildman–Crippen MR) is 86.6 cm³/mol. The first-order valence-electron chi connectivity index (χ1n) is 7.10. The smallest absolute Gasteiger partial charge is 0.323 e. The number of H-pyrrole nitrogens is 2. The highest BCUT2D eigenvalue weighted by atomic mass is 16.5. The summed E-state index contributed by atoms with van der Waals surface area (Å²) in [7, 11) is 0. The Morgan fingerprint density at radius 1 is 1.04 bits per heavy atom. The summed E-state index contributed by atoms with van der Waals surface area (Å²) in [4.78, 5) is 32.9. The van der Waals surface area contributed by atoms with Crippen LogP contribution in [0.2, 0.25) is 0 Å². The van der Waals surface area contributed by atoms with E-state index >= 15 is 0 Å². The molecule has 4 aromatic rings. The van der Waals surface area contributed by atoms with E-state index in [1.807, 2.05) is 6.07 Å². The quantitative estimate of drug-likeness (QED) is 0.534. The topological polar surface area (TPSA) is 117 Å². The summed E-state index contributed by atoms with van der Waals surface area (Å²) in [6, 6.07) is 11.9. The van der Waals surface area contributed by atoms with E-state index in [2.05, 4.69) is 25.4 Å². The van der Waals surface area contributed by atoms with Crippen molar-refractivity contribution in [3.63, 3.8) is 0 Å². The van der Waals surface area contributed by atoms with Gasteiger partial charge < -0.3 is 19.8 Å². The Hall–Kier alpha value is -3.68. The van der Waals surface area contributed by atoms with Gasteiger partial charge in [-0.25, -0.2) is 4.79 Å². The van der Waals surface area contributed by atoms with Gasteiger partial charge >= 0.3 is 5.69 Å². The fourth-order valence-electron chi connectivity index (χ4n) is 2.32. The zero-order valence-corrected chi connectivity index (χ0v) is 12.2.